The molecule has 0 aromatic heterocycles. The van der Waals surface area contributed by atoms with Crippen LogP contribution in [0.15, 0.2) is 90.0 Å². The second-order valence-electron chi connectivity index (χ2n) is 8.42. The number of nitrogens with one attached hydrogen (secondary N) is 1. The number of nitrogens with zero attached hydrogens (tertiary/aromatic N) is 1. The Bertz CT molecular complexity index is 1320. The SMILES string of the molecule is CC(C)c1ccc(OCC(=O)N/N=C\c2c(OCc3ccc(F)cc3)ccc3ccccc23)cc1. The van der Waals surface area contributed by atoms with Crippen molar-refractivity contribution in [1.82, 2.24) is 5.43 Å². The van der Waals surface area contributed by atoms with Crippen molar-refractivity contribution >= 4 is 22.9 Å². The molecule has 1 N–H and O–H groups in total. The monoisotopic (exact) mass is 470 g/mol. The van der Waals surface area contributed by atoms with E-state index in [1.165, 1.54) is 17.7 Å². The van der Waals surface area contributed by atoms with Gasteiger partial charge in [0, 0.05) is 5.56 Å². The molecule has 0 heterocycles. The summed E-state index contributed by atoms with van der Waals surface area (Å²) in [7, 11) is 0. The van der Waals surface area contributed by atoms with Gasteiger partial charge in [-0.05, 0) is 58.1 Å². The van der Waals surface area contributed by atoms with Crippen LogP contribution in [0.2, 0.25) is 0 Å². The zero-order chi connectivity index (χ0) is 24.6. The third-order valence-electron chi connectivity index (χ3n) is 5.54. The van der Waals surface area contributed by atoms with Gasteiger partial charge in [-0.2, -0.15) is 5.10 Å². The van der Waals surface area contributed by atoms with Gasteiger partial charge in [0.25, 0.3) is 5.91 Å². The van der Waals surface area contributed by atoms with Crippen molar-refractivity contribution in [2.24, 2.45) is 5.10 Å². The van der Waals surface area contributed by atoms with Crippen LogP contribution in [0.4, 0.5) is 4.39 Å². The summed E-state index contributed by atoms with van der Waals surface area (Å²) in [6.45, 7) is 4.37. The molecule has 4 aromatic carbocycles. The molecule has 4 rings (SSSR count). The Kier molecular flexibility index (Phi) is 7.73. The summed E-state index contributed by atoms with van der Waals surface area (Å²) in [6, 6.07) is 25.5. The Morgan fingerprint density at radius 2 is 1.69 bits per heavy atom. The minimum atomic E-state index is -0.372. The maximum absolute atomic E-state index is 13.2. The Balaban J connectivity index is 1.42. The average Bonchev–Trinajstić information content (AvgIpc) is 2.88. The second-order valence-corrected chi connectivity index (χ2v) is 8.42. The highest BCUT2D eigenvalue weighted by atomic mass is 19.1. The van der Waals surface area contributed by atoms with Gasteiger partial charge in [0.1, 0.15) is 23.9 Å². The van der Waals surface area contributed by atoms with Gasteiger partial charge in [0.2, 0.25) is 0 Å². The van der Waals surface area contributed by atoms with Crippen LogP contribution in [0.1, 0.15) is 36.5 Å². The fourth-order valence-corrected chi connectivity index (χ4v) is 3.58. The van der Waals surface area contributed by atoms with Crippen LogP contribution >= 0.6 is 0 Å². The number of carbonyl (C=O) groups is 1. The molecule has 0 atom stereocenters. The van der Waals surface area contributed by atoms with Crippen molar-refractivity contribution in [2.75, 3.05) is 6.61 Å². The van der Waals surface area contributed by atoms with Gasteiger partial charge in [-0.1, -0.05) is 68.4 Å². The number of hydrogen-bond acceptors (Lipinski definition) is 4. The summed E-state index contributed by atoms with van der Waals surface area (Å²) in [5, 5.41) is 6.08. The molecule has 0 aliphatic rings. The van der Waals surface area contributed by atoms with Gasteiger partial charge in [0.05, 0.1) is 6.21 Å². The fourth-order valence-electron chi connectivity index (χ4n) is 3.58. The van der Waals surface area contributed by atoms with E-state index in [0.717, 1.165) is 21.9 Å². The maximum atomic E-state index is 13.2. The van der Waals surface area contributed by atoms with E-state index in [4.69, 9.17) is 9.47 Å². The van der Waals surface area contributed by atoms with E-state index in [1.807, 2.05) is 60.7 Å². The molecule has 6 heteroatoms. The number of halogens is 1. The highest BCUT2D eigenvalue weighted by Gasteiger charge is 2.09. The van der Waals surface area contributed by atoms with Gasteiger partial charge in [0.15, 0.2) is 6.61 Å². The summed E-state index contributed by atoms with van der Waals surface area (Å²) in [6.07, 6.45) is 1.57. The van der Waals surface area contributed by atoms with Crippen molar-refractivity contribution < 1.29 is 18.7 Å². The van der Waals surface area contributed by atoms with Gasteiger partial charge >= 0.3 is 0 Å². The maximum Gasteiger partial charge on any atom is 0.277 e. The minimum Gasteiger partial charge on any atom is -0.488 e. The lowest BCUT2D eigenvalue weighted by atomic mass is 10.0. The van der Waals surface area contributed by atoms with E-state index >= 15 is 0 Å². The first-order chi connectivity index (χ1) is 17.0. The number of hydrazone groups is 1. The molecule has 4 aromatic rings. The predicted molar refractivity (Wildman–Crippen MR) is 136 cm³/mol. The van der Waals surface area contributed by atoms with Crippen LogP contribution in [0.3, 0.4) is 0 Å². The van der Waals surface area contributed by atoms with Crippen molar-refractivity contribution in [3.8, 4) is 11.5 Å². The summed E-state index contributed by atoms with van der Waals surface area (Å²) >= 11 is 0. The molecule has 5 nitrogen and oxygen atoms in total. The average molecular weight is 471 g/mol. The number of fused-ring (bicyclic) bond motifs is 1. The number of benzene rings is 4. The first kappa shape index (κ1) is 24.0. The summed E-state index contributed by atoms with van der Waals surface area (Å²) < 4.78 is 24.8. The molecule has 0 aliphatic heterocycles. The van der Waals surface area contributed by atoms with E-state index in [9.17, 15) is 9.18 Å². The molecule has 0 bridgehead atoms. The van der Waals surface area contributed by atoms with E-state index in [1.54, 1.807) is 18.3 Å². The standard InChI is InChI=1S/C29H27FN2O3/c1-20(2)22-9-14-25(15-10-22)34-19-29(33)32-31-17-27-26-6-4-3-5-23(26)11-16-28(27)35-18-21-7-12-24(30)13-8-21/h3-17,20H,18-19H2,1-2H3,(H,32,33)/b31-17-. The topological polar surface area (TPSA) is 59.9 Å². The fraction of sp³-hybridized carbons (Fsp3) is 0.172. The molecule has 0 fully saturated rings. The first-order valence-electron chi connectivity index (χ1n) is 11.4. The largest absolute Gasteiger partial charge is 0.488 e. The molecule has 0 radical (unpaired) electrons. The van der Waals surface area contributed by atoms with Gasteiger partial charge in [-0.15, -0.1) is 0 Å². The van der Waals surface area contributed by atoms with Crippen molar-refractivity contribution in [2.45, 2.75) is 26.4 Å². The Hall–Kier alpha value is -4.19. The Labute approximate surface area is 204 Å². The van der Waals surface area contributed by atoms with Crippen molar-refractivity contribution in [3.05, 3.63) is 107 Å². The molecule has 178 valence electrons. The molecule has 0 saturated heterocycles. The second kappa shape index (κ2) is 11.3. The highest BCUT2D eigenvalue weighted by Crippen LogP contribution is 2.27. The minimum absolute atomic E-state index is 0.151. The molecule has 1 amide bonds. The molecule has 35 heavy (non-hydrogen) atoms. The van der Waals surface area contributed by atoms with E-state index in [2.05, 4.69) is 24.4 Å². The molecule has 0 saturated carbocycles. The summed E-state index contributed by atoms with van der Waals surface area (Å²) in [5.74, 6) is 0.995. The molecule has 0 unspecified atom stereocenters. The van der Waals surface area contributed by atoms with Crippen LogP contribution in [0, 0.1) is 5.82 Å². The van der Waals surface area contributed by atoms with Crippen LogP contribution in [-0.2, 0) is 11.4 Å². The zero-order valence-corrected chi connectivity index (χ0v) is 19.7. The number of ether oxygens (including phenoxy) is 2. The third kappa shape index (κ3) is 6.44. The number of carbonyl (C=O) groups excluding carboxylic acids is 1. The van der Waals surface area contributed by atoms with E-state index in [0.29, 0.717) is 17.4 Å². The van der Waals surface area contributed by atoms with E-state index < -0.39 is 0 Å². The van der Waals surface area contributed by atoms with Crippen molar-refractivity contribution in [3.63, 3.8) is 0 Å². The molecule has 0 spiro atoms. The lowest BCUT2D eigenvalue weighted by molar-refractivity contribution is -0.123. The lowest BCUT2D eigenvalue weighted by Crippen LogP contribution is -2.24. The lowest BCUT2D eigenvalue weighted by Gasteiger charge is -2.12. The van der Waals surface area contributed by atoms with Crippen LogP contribution in [0.5, 0.6) is 11.5 Å². The number of hydrogen-bond donors (Lipinski definition) is 1. The van der Waals surface area contributed by atoms with Crippen LogP contribution < -0.4 is 14.9 Å². The smallest absolute Gasteiger partial charge is 0.277 e. The van der Waals surface area contributed by atoms with Gasteiger partial charge in [-0.3, -0.25) is 4.79 Å². The van der Waals surface area contributed by atoms with Gasteiger partial charge in [-0.25, -0.2) is 9.82 Å². The quantitative estimate of drug-likeness (QED) is 0.234. The molecular formula is C29H27FN2O3. The molecule has 0 aliphatic carbocycles. The van der Waals surface area contributed by atoms with E-state index in [-0.39, 0.29) is 24.9 Å². The normalized spacial score (nSPS) is 11.2. The van der Waals surface area contributed by atoms with Crippen molar-refractivity contribution in [1.29, 1.82) is 0 Å². The number of rotatable bonds is 9. The number of amides is 1. The first-order valence-corrected chi connectivity index (χ1v) is 11.4. The van der Waals surface area contributed by atoms with Gasteiger partial charge < -0.3 is 9.47 Å². The summed E-state index contributed by atoms with van der Waals surface area (Å²) in [4.78, 5) is 12.3. The summed E-state index contributed by atoms with van der Waals surface area (Å²) in [5.41, 5.74) is 5.29. The predicted octanol–water partition coefficient (Wildman–Crippen LogP) is 6.21. The van der Waals surface area contributed by atoms with Crippen LogP contribution in [-0.4, -0.2) is 18.7 Å². The highest BCUT2D eigenvalue weighted by molar-refractivity contribution is 6.02. The van der Waals surface area contributed by atoms with Crippen LogP contribution in [0.25, 0.3) is 10.8 Å². The third-order valence-corrected chi connectivity index (χ3v) is 5.54. The molecular weight excluding hydrogens is 443 g/mol. The Morgan fingerprint density at radius 3 is 2.43 bits per heavy atom. The Morgan fingerprint density at radius 1 is 0.943 bits per heavy atom. The zero-order valence-electron chi connectivity index (χ0n) is 19.7.